The first-order chi connectivity index (χ1) is 12.2. The van der Waals surface area contributed by atoms with Crippen LogP contribution >= 0.6 is 0 Å². The molecule has 0 unspecified atom stereocenters. The van der Waals surface area contributed by atoms with Gasteiger partial charge >= 0.3 is 12.1 Å². The van der Waals surface area contributed by atoms with E-state index >= 15 is 0 Å². The molecule has 0 aliphatic heterocycles. The van der Waals surface area contributed by atoms with Crippen LogP contribution in [0.2, 0.25) is 0 Å². The molecule has 11 heteroatoms. The quantitative estimate of drug-likeness (QED) is 0.591. The van der Waals surface area contributed by atoms with E-state index in [0.717, 1.165) is 17.2 Å². The average Bonchev–Trinajstić information content (AvgIpc) is 3.31. The van der Waals surface area contributed by atoms with E-state index in [1.807, 2.05) is 0 Å². The number of hydroxylamine groups is 2. The molecule has 140 valence electrons. The molecule has 0 bridgehead atoms. The van der Waals surface area contributed by atoms with Crippen molar-refractivity contribution in [3.63, 3.8) is 0 Å². The van der Waals surface area contributed by atoms with Crippen LogP contribution in [0.1, 0.15) is 24.3 Å². The minimum Gasteiger partial charge on any atom is -0.413 e. The van der Waals surface area contributed by atoms with Gasteiger partial charge in [-0.15, -0.1) is 10.2 Å². The maximum absolute atomic E-state index is 14.3. The summed E-state index contributed by atoms with van der Waals surface area (Å²) in [7, 11) is 1.22. The van der Waals surface area contributed by atoms with Crippen molar-refractivity contribution in [1.82, 2.24) is 15.3 Å². The molecular weight excluding hydrogens is 365 g/mol. The molecule has 3 rings (SSSR count). The fourth-order valence-electron chi connectivity index (χ4n) is 2.24. The zero-order chi connectivity index (χ0) is 19.1. The summed E-state index contributed by atoms with van der Waals surface area (Å²) >= 11 is 0. The van der Waals surface area contributed by atoms with Crippen molar-refractivity contribution in [2.75, 3.05) is 7.11 Å². The molecule has 0 atom stereocenters. The number of hydrogen-bond acceptors (Lipinski definition) is 5. The second-order valence-corrected chi connectivity index (χ2v) is 5.64. The zero-order valence-electron chi connectivity index (χ0n) is 13.3. The third-order valence-electron chi connectivity index (χ3n) is 3.77. The van der Waals surface area contributed by atoms with E-state index in [0.29, 0.717) is 12.8 Å². The van der Waals surface area contributed by atoms with Crippen LogP contribution in [0.15, 0.2) is 16.5 Å². The number of carbonyl (C=O) groups excluding carboxylic acids is 1. The van der Waals surface area contributed by atoms with Gasteiger partial charge in [0, 0.05) is 11.5 Å². The van der Waals surface area contributed by atoms with Gasteiger partial charge in [-0.1, -0.05) is 6.07 Å². The number of rotatable bonds is 5. The van der Waals surface area contributed by atoms with E-state index in [9.17, 15) is 26.7 Å². The van der Waals surface area contributed by atoms with E-state index < -0.39 is 35.2 Å². The Morgan fingerprint density at radius 3 is 2.50 bits per heavy atom. The van der Waals surface area contributed by atoms with Gasteiger partial charge in [0.15, 0.2) is 11.6 Å². The topological polar surface area (TPSA) is 68.5 Å². The lowest BCUT2D eigenvalue weighted by Gasteiger charge is -2.20. The third kappa shape index (κ3) is 3.52. The van der Waals surface area contributed by atoms with Gasteiger partial charge in [-0.3, -0.25) is 9.63 Å². The summed E-state index contributed by atoms with van der Waals surface area (Å²) in [6.07, 6.45) is -3.50. The van der Waals surface area contributed by atoms with Gasteiger partial charge < -0.3 is 4.42 Å². The van der Waals surface area contributed by atoms with Crippen molar-refractivity contribution in [2.24, 2.45) is 5.92 Å². The molecule has 2 aromatic rings. The summed E-state index contributed by atoms with van der Waals surface area (Å²) in [6, 6.07) is 2.11. The molecule has 1 aliphatic rings. The molecule has 0 saturated heterocycles. The molecule has 1 aliphatic carbocycles. The highest BCUT2D eigenvalue weighted by molar-refractivity contribution is 5.80. The van der Waals surface area contributed by atoms with Gasteiger partial charge in [-0.05, 0) is 18.9 Å². The number of hydrogen-bond donors (Lipinski definition) is 0. The van der Waals surface area contributed by atoms with Crippen molar-refractivity contribution in [1.29, 1.82) is 0 Å². The fraction of sp³-hybridized carbons (Fsp3) is 0.400. The Morgan fingerprint density at radius 2 is 1.96 bits per heavy atom. The van der Waals surface area contributed by atoms with Gasteiger partial charge in [-0.25, -0.2) is 13.8 Å². The van der Waals surface area contributed by atoms with Crippen LogP contribution in [0.3, 0.4) is 0 Å². The van der Waals surface area contributed by atoms with E-state index in [1.54, 1.807) is 0 Å². The Kier molecular flexibility index (Phi) is 4.65. The molecule has 6 nitrogen and oxygen atoms in total. The number of benzene rings is 1. The van der Waals surface area contributed by atoms with Gasteiger partial charge in [0.05, 0.1) is 19.2 Å². The van der Waals surface area contributed by atoms with E-state index in [4.69, 9.17) is 4.84 Å². The number of halogens is 5. The molecule has 1 saturated carbocycles. The Bertz CT molecular complexity index is 832. The molecule has 0 radical (unpaired) electrons. The first kappa shape index (κ1) is 18.2. The molecule has 0 spiro atoms. The van der Waals surface area contributed by atoms with Crippen LogP contribution in [0.25, 0.3) is 11.5 Å². The van der Waals surface area contributed by atoms with Crippen molar-refractivity contribution in [3.05, 3.63) is 35.2 Å². The second kappa shape index (κ2) is 6.63. The highest BCUT2D eigenvalue weighted by Crippen LogP contribution is 2.33. The lowest BCUT2D eigenvalue weighted by Crippen LogP contribution is -2.31. The molecule has 1 heterocycles. The normalized spacial score (nSPS) is 14.5. The number of nitrogens with zero attached hydrogens (tertiary/aromatic N) is 3. The Hall–Kier alpha value is -2.56. The summed E-state index contributed by atoms with van der Waals surface area (Å²) in [6.45, 7) is -0.355. The molecule has 1 fully saturated rings. The minimum atomic E-state index is -4.90. The molecule has 1 aromatic heterocycles. The fourth-order valence-corrected chi connectivity index (χ4v) is 2.24. The number of carbonyl (C=O) groups is 1. The lowest BCUT2D eigenvalue weighted by atomic mass is 10.1. The van der Waals surface area contributed by atoms with Crippen LogP contribution < -0.4 is 0 Å². The lowest BCUT2D eigenvalue weighted by molar-refractivity contribution is -0.181. The highest BCUT2D eigenvalue weighted by Gasteiger charge is 2.39. The molecular formula is C15H12F5N3O3. The summed E-state index contributed by atoms with van der Waals surface area (Å²) in [4.78, 5) is 16.9. The summed E-state index contributed by atoms with van der Waals surface area (Å²) < 4.78 is 70.3. The minimum absolute atomic E-state index is 0.193. The van der Waals surface area contributed by atoms with Gasteiger partial charge in [0.25, 0.3) is 5.89 Å². The van der Waals surface area contributed by atoms with Gasteiger partial charge in [-0.2, -0.15) is 13.2 Å². The van der Waals surface area contributed by atoms with Gasteiger partial charge in [0.1, 0.15) is 0 Å². The predicted molar refractivity (Wildman–Crippen MR) is 74.9 cm³/mol. The number of aromatic nitrogens is 2. The zero-order valence-corrected chi connectivity index (χ0v) is 13.3. The average molecular weight is 377 g/mol. The molecule has 0 N–H and O–H groups in total. The van der Waals surface area contributed by atoms with Crippen molar-refractivity contribution in [2.45, 2.75) is 25.6 Å². The molecule has 1 amide bonds. The Balaban J connectivity index is 1.86. The molecule has 26 heavy (non-hydrogen) atoms. The van der Waals surface area contributed by atoms with Crippen LogP contribution in [-0.4, -0.2) is 28.3 Å². The van der Waals surface area contributed by atoms with Crippen LogP contribution in [0.5, 0.6) is 0 Å². The SMILES string of the molecule is CON(Cc1ccc(-c2nnc(C(F)(F)F)o2)c(F)c1F)C(=O)C1CC1. The predicted octanol–water partition coefficient (Wildman–Crippen LogP) is 3.33. The van der Waals surface area contributed by atoms with Crippen LogP contribution in [0.4, 0.5) is 22.0 Å². The van der Waals surface area contributed by atoms with Crippen LogP contribution in [0, 0.1) is 17.6 Å². The van der Waals surface area contributed by atoms with Crippen LogP contribution in [-0.2, 0) is 22.4 Å². The van der Waals surface area contributed by atoms with E-state index in [2.05, 4.69) is 14.6 Å². The summed E-state index contributed by atoms with van der Waals surface area (Å²) in [5.41, 5.74) is -0.829. The standard InChI is InChI=1S/C15H12F5N3O3/c1-25-23(13(24)7-2-3-7)6-8-4-5-9(11(17)10(8)16)12-21-22-14(26-12)15(18,19)20/h4-5,7H,2-3,6H2,1H3. The highest BCUT2D eigenvalue weighted by atomic mass is 19.4. The van der Waals surface area contributed by atoms with Crippen molar-refractivity contribution in [3.8, 4) is 11.5 Å². The largest absolute Gasteiger partial charge is 0.470 e. The number of alkyl halides is 3. The monoisotopic (exact) mass is 377 g/mol. The maximum atomic E-state index is 14.3. The summed E-state index contributed by atoms with van der Waals surface area (Å²) in [5.74, 6) is -5.82. The Labute approximate surface area is 143 Å². The summed E-state index contributed by atoms with van der Waals surface area (Å²) in [5, 5.41) is 6.76. The second-order valence-electron chi connectivity index (χ2n) is 5.64. The van der Waals surface area contributed by atoms with E-state index in [-0.39, 0.29) is 23.9 Å². The molecule has 1 aromatic carbocycles. The first-order valence-corrected chi connectivity index (χ1v) is 7.45. The van der Waals surface area contributed by atoms with E-state index in [1.165, 1.54) is 7.11 Å². The van der Waals surface area contributed by atoms with Gasteiger partial charge in [0.2, 0.25) is 5.91 Å². The third-order valence-corrected chi connectivity index (χ3v) is 3.77. The first-order valence-electron chi connectivity index (χ1n) is 7.45. The van der Waals surface area contributed by atoms with Crippen molar-refractivity contribution >= 4 is 5.91 Å². The smallest absolute Gasteiger partial charge is 0.413 e. The number of amides is 1. The Morgan fingerprint density at radius 1 is 1.27 bits per heavy atom. The maximum Gasteiger partial charge on any atom is 0.470 e. The van der Waals surface area contributed by atoms with Crippen molar-refractivity contribution < 1.29 is 36.0 Å².